The van der Waals surface area contributed by atoms with Crippen molar-refractivity contribution < 1.29 is 19.7 Å². The Morgan fingerprint density at radius 3 is 2.88 bits per heavy atom. The number of carbonyl (C=O) groups is 1. The normalized spacial score (nSPS) is 23.3. The fourth-order valence-electron chi connectivity index (χ4n) is 2.18. The predicted octanol–water partition coefficient (Wildman–Crippen LogP) is 1.63. The molecule has 17 heavy (non-hydrogen) atoms. The molecule has 1 heterocycles. The molecule has 4 nitrogen and oxygen atoms in total. The Balaban J connectivity index is 2.31. The number of hydrogen-bond acceptors (Lipinski definition) is 3. The van der Waals surface area contributed by atoms with Crippen LogP contribution in [-0.4, -0.2) is 29.4 Å². The summed E-state index contributed by atoms with van der Waals surface area (Å²) < 4.78 is 5.27. The first-order valence-electron chi connectivity index (χ1n) is 5.66. The number of carboxylic acid groups (broad SMARTS) is 1. The molecule has 0 aliphatic carbocycles. The van der Waals surface area contributed by atoms with Gasteiger partial charge in [-0.2, -0.15) is 0 Å². The van der Waals surface area contributed by atoms with Crippen LogP contribution in [-0.2, 0) is 10.3 Å². The van der Waals surface area contributed by atoms with Crippen LogP contribution in [0.2, 0.25) is 0 Å². The van der Waals surface area contributed by atoms with Crippen LogP contribution in [0.25, 0.3) is 0 Å². The van der Waals surface area contributed by atoms with Crippen LogP contribution < -0.4 is 0 Å². The fourth-order valence-corrected chi connectivity index (χ4v) is 2.18. The molecule has 1 saturated heterocycles. The summed E-state index contributed by atoms with van der Waals surface area (Å²) in [5.74, 6) is -0.961. The van der Waals surface area contributed by atoms with E-state index in [2.05, 4.69) is 0 Å². The first-order chi connectivity index (χ1) is 8.01. The molecule has 2 N–H and O–H groups in total. The molecule has 2 rings (SSSR count). The second-order valence-electron chi connectivity index (χ2n) is 4.59. The Bertz CT molecular complexity index is 419. The van der Waals surface area contributed by atoms with Crippen LogP contribution in [0.3, 0.4) is 0 Å². The smallest absolute Gasteiger partial charge is 0.335 e. The van der Waals surface area contributed by atoms with Crippen LogP contribution in [0.5, 0.6) is 0 Å². The minimum Gasteiger partial charge on any atom is -0.478 e. The molecular formula is C13H16O4. The lowest BCUT2D eigenvalue weighted by molar-refractivity contribution is -0.00975. The maximum atomic E-state index is 10.9. The Labute approximate surface area is 99.8 Å². The number of ether oxygens (including phenoxy) is 1. The van der Waals surface area contributed by atoms with Gasteiger partial charge in [-0.25, -0.2) is 4.79 Å². The van der Waals surface area contributed by atoms with Crippen molar-refractivity contribution >= 4 is 5.97 Å². The van der Waals surface area contributed by atoms with Crippen molar-refractivity contribution in [3.05, 3.63) is 35.4 Å². The highest BCUT2D eigenvalue weighted by molar-refractivity contribution is 5.87. The highest BCUT2D eigenvalue weighted by atomic mass is 16.5. The summed E-state index contributed by atoms with van der Waals surface area (Å²) in [6.07, 6.45) is 0.796. The second-order valence-corrected chi connectivity index (χ2v) is 4.59. The van der Waals surface area contributed by atoms with Crippen molar-refractivity contribution in [3.8, 4) is 0 Å². The van der Waals surface area contributed by atoms with Gasteiger partial charge in [-0.05, 0) is 31.0 Å². The van der Waals surface area contributed by atoms with Crippen molar-refractivity contribution in [2.24, 2.45) is 5.92 Å². The van der Waals surface area contributed by atoms with E-state index in [9.17, 15) is 9.90 Å². The van der Waals surface area contributed by atoms with Gasteiger partial charge in [0.2, 0.25) is 0 Å². The monoisotopic (exact) mass is 236 g/mol. The lowest BCUT2D eigenvalue weighted by Crippen LogP contribution is -2.32. The van der Waals surface area contributed by atoms with E-state index in [1.807, 2.05) is 0 Å². The average molecular weight is 236 g/mol. The molecule has 0 amide bonds. The second kappa shape index (κ2) is 4.47. The molecule has 1 aliphatic heterocycles. The molecule has 4 heteroatoms. The van der Waals surface area contributed by atoms with Crippen molar-refractivity contribution in [2.75, 3.05) is 13.2 Å². The zero-order chi connectivity index (χ0) is 12.5. The van der Waals surface area contributed by atoms with Crippen LogP contribution in [0, 0.1) is 5.92 Å². The molecule has 1 aromatic carbocycles. The summed E-state index contributed by atoms with van der Waals surface area (Å²) in [6.45, 7) is 2.89. The molecule has 0 bridgehead atoms. The van der Waals surface area contributed by atoms with E-state index >= 15 is 0 Å². The quantitative estimate of drug-likeness (QED) is 0.837. The number of hydrogen-bond donors (Lipinski definition) is 2. The molecule has 0 spiro atoms. The molecular weight excluding hydrogens is 220 g/mol. The molecule has 1 aromatic rings. The van der Waals surface area contributed by atoms with Crippen LogP contribution in [0.4, 0.5) is 0 Å². The van der Waals surface area contributed by atoms with E-state index < -0.39 is 11.6 Å². The SMILES string of the molecule is CC(O)(c1cccc(C(=O)O)c1)C1CCOC1. The molecule has 0 aromatic heterocycles. The number of rotatable bonds is 3. The third-order valence-corrected chi connectivity index (χ3v) is 3.42. The van der Waals surface area contributed by atoms with Gasteiger partial charge in [0.15, 0.2) is 0 Å². The summed E-state index contributed by atoms with van der Waals surface area (Å²) >= 11 is 0. The van der Waals surface area contributed by atoms with E-state index in [-0.39, 0.29) is 11.5 Å². The van der Waals surface area contributed by atoms with E-state index in [0.29, 0.717) is 18.8 Å². The van der Waals surface area contributed by atoms with Gasteiger partial charge in [0.05, 0.1) is 17.8 Å². The van der Waals surface area contributed by atoms with E-state index in [1.165, 1.54) is 12.1 Å². The standard InChI is InChI=1S/C13H16O4/c1-13(16,11-5-6-17-8-11)10-4-2-3-9(7-10)12(14)15/h2-4,7,11,16H,5-6,8H2,1H3,(H,14,15). The Morgan fingerprint density at radius 2 is 2.29 bits per heavy atom. The summed E-state index contributed by atoms with van der Waals surface area (Å²) in [4.78, 5) is 10.9. The first-order valence-corrected chi connectivity index (χ1v) is 5.66. The van der Waals surface area contributed by atoms with Gasteiger partial charge in [0, 0.05) is 12.5 Å². The van der Waals surface area contributed by atoms with Gasteiger partial charge in [0.1, 0.15) is 0 Å². The van der Waals surface area contributed by atoms with Crippen molar-refractivity contribution in [1.82, 2.24) is 0 Å². The van der Waals surface area contributed by atoms with Gasteiger partial charge in [-0.15, -0.1) is 0 Å². The van der Waals surface area contributed by atoms with Gasteiger partial charge < -0.3 is 14.9 Å². The highest BCUT2D eigenvalue weighted by Crippen LogP contribution is 2.34. The van der Waals surface area contributed by atoms with E-state index in [0.717, 1.165) is 6.42 Å². The van der Waals surface area contributed by atoms with E-state index in [4.69, 9.17) is 9.84 Å². The van der Waals surface area contributed by atoms with Gasteiger partial charge in [-0.3, -0.25) is 0 Å². The summed E-state index contributed by atoms with van der Waals surface area (Å²) in [5, 5.41) is 19.5. The zero-order valence-corrected chi connectivity index (χ0v) is 9.72. The number of aromatic carboxylic acids is 1. The van der Waals surface area contributed by atoms with Gasteiger partial charge in [0.25, 0.3) is 0 Å². The van der Waals surface area contributed by atoms with Crippen LogP contribution in [0.15, 0.2) is 24.3 Å². The Morgan fingerprint density at radius 1 is 1.53 bits per heavy atom. The summed E-state index contributed by atoms with van der Waals surface area (Å²) in [5.41, 5.74) is -0.211. The summed E-state index contributed by atoms with van der Waals surface area (Å²) in [7, 11) is 0. The van der Waals surface area contributed by atoms with Crippen LogP contribution >= 0.6 is 0 Å². The largest absolute Gasteiger partial charge is 0.478 e. The topological polar surface area (TPSA) is 66.8 Å². The zero-order valence-electron chi connectivity index (χ0n) is 9.72. The maximum Gasteiger partial charge on any atom is 0.335 e. The van der Waals surface area contributed by atoms with Crippen molar-refractivity contribution in [3.63, 3.8) is 0 Å². The Hall–Kier alpha value is -1.39. The minimum atomic E-state index is -1.04. The fraction of sp³-hybridized carbons (Fsp3) is 0.462. The lowest BCUT2D eigenvalue weighted by atomic mass is 9.82. The molecule has 2 atom stereocenters. The lowest BCUT2D eigenvalue weighted by Gasteiger charge is -2.29. The highest BCUT2D eigenvalue weighted by Gasteiger charge is 2.36. The first kappa shape index (κ1) is 12.1. The molecule has 1 fully saturated rings. The number of aliphatic hydroxyl groups is 1. The molecule has 0 saturated carbocycles. The minimum absolute atomic E-state index is 0.0199. The molecule has 92 valence electrons. The molecule has 1 aliphatic rings. The number of carboxylic acids is 1. The number of benzene rings is 1. The third-order valence-electron chi connectivity index (χ3n) is 3.42. The van der Waals surface area contributed by atoms with Crippen molar-refractivity contribution in [2.45, 2.75) is 18.9 Å². The third kappa shape index (κ3) is 2.33. The molecule has 0 radical (unpaired) electrons. The van der Waals surface area contributed by atoms with Crippen LogP contribution in [0.1, 0.15) is 29.3 Å². The van der Waals surface area contributed by atoms with Gasteiger partial charge in [-0.1, -0.05) is 12.1 Å². The van der Waals surface area contributed by atoms with Crippen molar-refractivity contribution in [1.29, 1.82) is 0 Å². The maximum absolute atomic E-state index is 10.9. The Kier molecular flexibility index (Phi) is 3.17. The summed E-state index contributed by atoms with van der Waals surface area (Å²) in [6, 6.07) is 6.46. The molecule has 2 unspecified atom stereocenters. The predicted molar refractivity (Wildman–Crippen MR) is 61.9 cm³/mol. The van der Waals surface area contributed by atoms with E-state index in [1.54, 1.807) is 19.1 Å². The van der Waals surface area contributed by atoms with Gasteiger partial charge >= 0.3 is 5.97 Å². The average Bonchev–Trinajstić information content (AvgIpc) is 2.83.